The number of rotatable bonds is 10. The first-order chi connectivity index (χ1) is 12.1. The number of piperazine rings is 1. The van der Waals surface area contributed by atoms with Crippen molar-refractivity contribution < 1.29 is 4.79 Å². The van der Waals surface area contributed by atoms with Crippen LogP contribution < -0.4 is 5.32 Å². The number of hydrogen-bond acceptors (Lipinski definition) is 5. The van der Waals surface area contributed by atoms with Crippen molar-refractivity contribution >= 4 is 5.78 Å². The Morgan fingerprint density at radius 3 is 2.24 bits per heavy atom. The molecule has 2 heterocycles. The van der Waals surface area contributed by atoms with E-state index in [9.17, 15) is 4.79 Å². The van der Waals surface area contributed by atoms with Crippen LogP contribution in [0.15, 0.2) is 0 Å². The van der Waals surface area contributed by atoms with Crippen molar-refractivity contribution in [2.45, 2.75) is 52.5 Å². The Kier molecular flexibility index (Phi) is 9.39. The topological polar surface area (TPSA) is 38.8 Å². The second kappa shape index (κ2) is 11.3. The Labute approximate surface area is 155 Å². The molecule has 0 aromatic rings. The number of Topliss-reactive ketones (excluding diaryl/α,β-unsaturated/α-hetero) is 1. The second-order valence-electron chi connectivity index (χ2n) is 8.22. The Morgan fingerprint density at radius 1 is 1.00 bits per heavy atom. The number of carbonyl (C=O) groups excluding carboxylic acids is 1. The third-order valence-electron chi connectivity index (χ3n) is 5.69. The standard InChI is InChI=1S/C20H40N4O/c1-4-20(25)17-24-14-12-23(13-15-24)16-19-6-10-22(11-7-19)9-5-8-21-18(2)3/h18-19,21H,4-17H2,1-3H3. The van der Waals surface area contributed by atoms with E-state index >= 15 is 0 Å². The maximum atomic E-state index is 11.6. The summed E-state index contributed by atoms with van der Waals surface area (Å²) in [6.45, 7) is 17.7. The van der Waals surface area contributed by atoms with E-state index < -0.39 is 0 Å². The first-order valence-electron chi connectivity index (χ1n) is 10.5. The maximum absolute atomic E-state index is 11.6. The fourth-order valence-electron chi connectivity index (χ4n) is 3.94. The lowest BCUT2D eigenvalue weighted by Gasteiger charge is -2.38. The molecule has 5 heteroatoms. The van der Waals surface area contributed by atoms with E-state index in [1.54, 1.807) is 0 Å². The van der Waals surface area contributed by atoms with E-state index in [2.05, 4.69) is 33.9 Å². The van der Waals surface area contributed by atoms with Gasteiger partial charge in [-0.05, 0) is 51.4 Å². The first-order valence-corrected chi connectivity index (χ1v) is 10.5. The molecule has 25 heavy (non-hydrogen) atoms. The molecule has 0 aromatic heterocycles. The van der Waals surface area contributed by atoms with Gasteiger partial charge in [-0.2, -0.15) is 0 Å². The number of nitrogens with zero attached hydrogens (tertiary/aromatic N) is 3. The molecule has 5 nitrogen and oxygen atoms in total. The minimum Gasteiger partial charge on any atom is -0.314 e. The summed E-state index contributed by atoms with van der Waals surface area (Å²) in [7, 11) is 0. The quantitative estimate of drug-likeness (QED) is 0.606. The van der Waals surface area contributed by atoms with Crippen LogP contribution in [0.1, 0.15) is 46.5 Å². The highest BCUT2D eigenvalue weighted by Crippen LogP contribution is 2.19. The van der Waals surface area contributed by atoms with Crippen LogP contribution in [-0.4, -0.2) is 92.0 Å². The van der Waals surface area contributed by atoms with E-state index in [0.29, 0.717) is 24.8 Å². The van der Waals surface area contributed by atoms with Gasteiger partial charge >= 0.3 is 0 Å². The van der Waals surface area contributed by atoms with Gasteiger partial charge in [-0.1, -0.05) is 20.8 Å². The zero-order chi connectivity index (χ0) is 18.1. The normalized spacial score (nSPS) is 21.9. The monoisotopic (exact) mass is 352 g/mol. The second-order valence-corrected chi connectivity index (χ2v) is 8.22. The highest BCUT2D eigenvalue weighted by atomic mass is 16.1. The smallest absolute Gasteiger partial charge is 0.146 e. The SMILES string of the molecule is CCC(=O)CN1CCN(CC2CCN(CCCNC(C)C)CC2)CC1. The van der Waals surface area contributed by atoms with Gasteiger partial charge in [-0.15, -0.1) is 0 Å². The lowest BCUT2D eigenvalue weighted by molar-refractivity contribution is -0.120. The molecule has 2 aliphatic heterocycles. The molecule has 0 aromatic carbocycles. The van der Waals surface area contributed by atoms with Gasteiger partial charge < -0.3 is 15.1 Å². The van der Waals surface area contributed by atoms with Gasteiger partial charge in [-0.3, -0.25) is 9.69 Å². The molecular formula is C20H40N4O. The van der Waals surface area contributed by atoms with Crippen molar-refractivity contribution in [3.63, 3.8) is 0 Å². The molecule has 2 fully saturated rings. The predicted molar refractivity (Wildman–Crippen MR) is 105 cm³/mol. The van der Waals surface area contributed by atoms with Crippen LogP contribution in [0.5, 0.6) is 0 Å². The number of carbonyl (C=O) groups is 1. The summed E-state index contributed by atoms with van der Waals surface area (Å²) in [6.07, 6.45) is 4.64. The van der Waals surface area contributed by atoms with Crippen LogP contribution in [-0.2, 0) is 4.79 Å². The first kappa shape index (κ1) is 20.8. The van der Waals surface area contributed by atoms with Crippen molar-refractivity contribution in [1.29, 1.82) is 0 Å². The fourth-order valence-corrected chi connectivity index (χ4v) is 3.94. The van der Waals surface area contributed by atoms with Crippen LogP contribution in [0, 0.1) is 5.92 Å². The van der Waals surface area contributed by atoms with Gasteiger partial charge in [0.25, 0.3) is 0 Å². The highest BCUT2D eigenvalue weighted by molar-refractivity contribution is 5.80. The fraction of sp³-hybridized carbons (Fsp3) is 0.950. The lowest BCUT2D eigenvalue weighted by atomic mass is 9.95. The van der Waals surface area contributed by atoms with Gasteiger partial charge in [-0.25, -0.2) is 0 Å². The number of nitrogens with one attached hydrogen (secondary N) is 1. The van der Waals surface area contributed by atoms with Crippen LogP contribution in [0.3, 0.4) is 0 Å². The van der Waals surface area contributed by atoms with Gasteiger partial charge in [0, 0.05) is 45.2 Å². The summed E-state index contributed by atoms with van der Waals surface area (Å²) in [5.74, 6) is 1.25. The molecule has 2 rings (SSSR count). The number of hydrogen-bond donors (Lipinski definition) is 1. The van der Waals surface area contributed by atoms with Crippen LogP contribution in [0.4, 0.5) is 0 Å². The average molecular weight is 353 g/mol. The minimum absolute atomic E-state index is 0.379. The third-order valence-corrected chi connectivity index (χ3v) is 5.69. The summed E-state index contributed by atoms with van der Waals surface area (Å²) in [5, 5.41) is 3.51. The molecule has 0 saturated carbocycles. The van der Waals surface area contributed by atoms with E-state index in [0.717, 1.165) is 38.6 Å². The Hall–Kier alpha value is -0.490. The maximum Gasteiger partial charge on any atom is 0.146 e. The summed E-state index contributed by atoms with van der Waals surface area (Å²) >= 11 is 0. The van der Waals surface area contributed by atoms with Gasteiger partial charge in [0.15, 0.2) is 0 Å². The summed E-state index contributed by atoms with van der Waals surface area (Å²) in [6, 6.07) is 0.603. The molecule has 0 bridgehead atoms. The number of piperidine rings is 1. The van der Waals surface area contributed by atoms with Gasteiger partial charge in [0.1, 0.15) is 5.78 Å². The zero-order valence-electron chi connectivity index (χ0n) is 16.8. The lowest BCUT2D eigenvalue weighted by Crippen LogP contribution is -2.49. The molecule has 0 spiro atoms. The summed E-state index contributed by atoms with van der Waals surface area (Å²) < 4.78 is 0. The van der Waals surface area contributed by atoms with Crippen LogP contribution >= 0.6 is 0 Å². The molecule has 1 N–H and O–H groups in total. The summed E-state index contributed by atoms with van der Waals surface area (Å²) in [5.41, 5.74) is 0. The summed E-state index contributed by atoms with van der Waals surface area (Å²) in [4.78, 5) is 19.2. The van der Waals surface area contributed by atoms with E-state index in [1.165, 1.54) is 45.4 Å². The van der Waals surface area contributed by atoms with Crippen molar-refractivity contribution in [3.8, 4) is 0 Å². The largest absolute Gasteiger partial charge is 0.314 e. The molecule has 0 aliphatic carbocycles. The molecule has 146 valence electrons. The van der Waals surface area contributed by atoms with Crippen molar-refractivity contribution in [1.82, 2.24) is 20.0 Å². The Balaban J connectivity index is 1.54. The zero-order valence-corrected chi connectivity index (χ0v) is 16.8. The molecule has 0 radical (unpaired) electrons. The van der Waals surface area contributed by atoms with Crippen molar-refractivity contribution in [2.75, 3.05) is 65.4 Å². The van der Waals surface area contributed by atoms with Crippen molar-refractivity contribution in [3.05, 3.63) is 0 Å². The number of ketones is 1. The predicted octanol–water partition coefficient (Wildman–Crippen LogP) is 1.68. The van der Waals surface area contributed by atoms with E-state index in [1.807, 2.05) is 6.92 Å². The third kappa shape index (κ3) is 8.16. The molecule has 0 amide bonds. The van der Waals surface area contributed by atoms with Gasteiger partial charge in [0.2, 0.25) is 0 Å². The van der Waals surface area contributed by atoms with E-state index in [-0.39, 0.29) is 0 Å². The van der Waals surface area contributed by atoms with Gasteiger partial charge in [0.05, 0.1) is 6.54 Å². The van der Waals surface area contributed by atoms with Crippen LogP contribution in [0.25, 0.3) is 0 Å². The molecule has 2 aliphatic rings. The molecule has 0 unspecified atom stereocenters. The Bertz CT molecular complexity index is 372. The number of likely N-dealkylation sites (tertiary alicyclic amines) is 1. The van der Waals surface area contributed by atoms with Crippen molar-refractivity contribution in [2.24, 2.45) is 5.92 Å². The van der Waals surface area contributed by atoms with E-state index in [4.69, 9.17) is 0 Å². The molecular weight excluding hydrogens is 312 g/mol. The highest BCUT2D eigenvalue weighted by Gasteiger charge is 2.24. The van der Waals surface area contributed by atoms with Crippen LogP contribution in [0.2, 0.25) is 0 Å². The molecule has 0 atom stereocenters. The molecule has 2 saturated heterocycles. The minimum atomic E-state index is 0.379. The average Bonchev–Trinajstić information content (AvgIpc) is 2.61. The Morgan fingerprint density at radius 2 is 1.64 bits per heavy atom.